The van der Waals surface area contributed by atoms with Crippen LogP contribution in [0.4, 0.5) is 5.00 Å². The summed E-state index contributed by atoms with van der Waals surface area (Å²) >= 11 is 1.41. The third-order valence-corrected chi connectivity index (χ3v) is 5.09. The number of amides is 1. The Hall–Kier alpha value is -2.01. The fourth-order valence-electron chi connectivity index (χ4n) is 3.13. The summed E-state index contributed by atoms with van der Waals surface area (Å²) in [5.74, 6) is 0.770. The molecule has 3 rings (SSSR count). The Morgan fingerprint density at radius 3 is 2.54 bits per heavy atom. The molecule has 0 atom stereocenters. The monoisotopic (exact) mass is 344 g/mol. The van der Waals surface area contributed by atoms with Crippen LogP contribution in [0.25, 0.3) is 11.1 Å². The van der Waals surface area contributed by atoms with Gasteiger partial charge in [-0.15, -0.1) is 11.3 Å². The molecule has 4 nitrogen and oxygen atoms in total. The molecule has 1 saturated carbocycles. The fraction of sp³-hybridized carbons (Fsp3) is 0.421. The maximum Gasteiger partial charge on any atom is 0.255 e. The summed E-state index contributed by atoms with van der Waals surface area (Å²) in [7, 11) is 0. The van der Waals surface area contributed by atoms with Gasteiger partial charge in [0, 0.05) is 17.0 Å². The summed E-state index contributed by atoms with van der Waals surface area (Å²) in [4.78, 5) is 12.7. The number of ether oxygens (including phenoxy) is 1. The highest BCUT2D eigenvalue weighted by molar-refractivity contribution is 7.15. The Morgan fingerprint density at radius 2 is 1.92 bits per heavy atom. The van der Waals surface area contributed by atoms with Crippen LogP contribution in [-0.4, -0.2) is 18.1 Å². The highest BCUT2D eigenvalue weighted by Crippen LogP contribution is 2.34. The van der Waals surface area contributed by atoms with Crippen molar-refractivity contribution in [2.24, 2.45) is 0 Å². The van der Waals surface area contributed by atoms with Crippen molar-refractivity contribution in [3.05, 3.63) is 35.2 Å². The van der Waals surface area contributed by atoms with E-state index in [1.807, 2.05) is 43.5 Å². The molecule has 3 N–H and O–H groups in total. The van der Waals surface area contributed by atoms with Crippen molar-refractivity contribution in [2.45, 2.75) is 51.7 Å². The van der Waals surface area contributed by atoms with E-state index in [-0.39, 0.29) is 18.1 Å². The van der Waals surface area contributed by atoms with E-state index in [0.29, 0.717) is 10.6 Å². The molecule has 0 unspecified atom stereocenters. The molecule has 1 aromatic carbocycles. The number of carbonyl (C=O) groups is 1. The first-order valence-electron chi connectivity index (χ1n) is 8.49. The molecule has 1 aromatic heterocycles. The first kappa shape index (κ1) is 16.8. The van der Waals surface area contributed by atoms with Crippen molar-refractivity contribution >= 4 is 22.2 Å². The zero-order chi connectivity index (χ0) is 17.1. The van der Waals surface area contributed by atoms with E-state index in [9.17, 15) is 4.79 Å². The molecule has 24 heavy (non-hydrogen) atoms. The molecule has 0 radical (unpaired) electrons. The summed E-state index contributed by atoms with van der Waals surface area (Å²) in [6.45, 7) is 4.00. The van der Waals surface area contributed by atoms with Gasteiger partial charge in [0.2, 0.25) is 0 Å². The second-order valence-electron chi connectivity index (χ2n) is 6.53. The minimum Gasteiger partial charge on any atom is -0.491 e. The number of thiophene rings is 1. The number of anilines is 1. The summed E-state index contributed by atoms with van der Waals surface area (Å²) in [6, 6.07) is 8.10. The van der Waals surface area contributed by atoms with Crippen LogP contribution in [0.1, 0.15) is 49.9 Å². The Kier molecular flexibility index (Phi) is 5.09. The van der Waals surface area contributed by atoms with Crippen LogP contribution in [0.3, 0.4) is 0 Å². The third kappa shape index (κ3) is 3.73. The molecular formula is C19H24N2O2S. The second-order valence-corrected chi connectivity index (χ2v) is 7.45. The number of benzene rings is 1. The number of hydrogen-bond donors (Lipinski definition) is 2. The first-order valence-corrected chi connectivity index (χ1v) is 9.37. The third-order valence-electron chi connectivity index (χ3n) is 4.27. The highest BCUT2D eigenvalue weighted by Gasteiger charge is 2.23. The van der Waals surface area contributed by atoms with Gasteiger partial charge in [-0.2, -0.15) is 0 Å². The first-order chi connectivity index (χ1) is 11.5. The minimum atomic E-state index is -0.0573. The zero-order valence-corrected chi connectivity index (χ0v) is 15.0. The molecule has 0 saturated heterocycles. The van der Waals surface area contributed by atoms with Crippen LogP contribution in [-0.2, 0) is 0 Å². The predicted octanol–water partition coefficient (Wildman–Crippen LogP) is 4.46. The molecule has 5 heteroatoms. The van der Waals surface area contributed by atoms with E-state index >= 15 is 0 Å². The van der Waals surface area contributed by atoms with Gasteiger partial charge in [0.25, 0.3) is 5.91 Å². The number of hydrogen-bond acceptors (Lipinski definition) is 4. The summed E-state index contributed by atoms with van der Waals surface area (Å²) < 4.78 is 5.68. The highest BCUT2D eigenvalue weighted by atomic mass is 32.1. The lowest BCUT2D eigenvalue weighted by Gasteiger charge is -2.13. The van der Waals surface area contributed by atoms with Gasteiger partial charge in [0.15, 0.2) is 0 Å². The van der Waals surface area contributed by atoms with Gasteiger partial charge >= 0.3 is 0 Å². The van der Waals surface area contributed by atoms with Crippen molar-refractivity contribution < 1.29 is 9.53 Å². The topological polar surface area (TPSA) is 64.3 Å². The maximum absolute atomic E-state index is 12.7. The van der Waals surface area contributed by atoms with E-state index in [2.05, 4.69) is 5.32 Å². The molecule has 1 amide bonds. The van der Waals surface area contributed by atoms with Gasteiger partial charge in [-0.3, -0.25) is 4.79 Å². The van der Waals surface area contributed by atoms with Crippen molar-refractivity contribution in [2.75, 3.05) is 5.73 Å². The lowest BCUT2D eigenvalue weighted by Crippen LogP contribution is -2.33. The maximum atomic E-state index is 12.7. The van der Waals surface area contributed by atoms with Gasteiger partial charge in [-0.05, 0) is 44.4 Å². The normalized spacial score (nSPS) is 15.0. The average molecular weight is 344 g/mol. The van der Waals surface area contributed by atoms with Gasteiger partial charge in [0.1, 0.15) is 5.75 Å². The molecule has 1 heterocycles. The van der Waals surface area contributed by atoms with Gasteiger partial charge in [-0.25, -0.2) is 0 Å². The van der Waals surface area contributed by atoms with Crippen LogP contribution < -0.4 is 15.8 Å². The van der Waals surface area contributed by atoms with E-state index in [0.717, 1.165) is 29.7 Å². The van der Waals surface area contributed by atoms with Gasteiger partial charge in [0.05, 0.1) is 16.7 Å². The smallest absolute Gasteiger partial charge is 0.255 e. The van der Waals surface area contributed by atoms with Crippen LogP contribution in [0.15, 0.2) is 29.6 Å². The largest absolute Gasteiger partial charge is 0.491 e. The Labute approximate surface area is 147 Å². The summed E-state index contributed by atoms with van der Waals surface area (Å²) in [5, 5.41) is 5.66. The Balaban J connectivity index is 1.82. The van der Waals surface area contributed by atoms with Crippen LogP contribution in [0.2, 0.25) is 0 Å². The molecule has 1 fully saturated rings. The molecule has 0 spiro atoms. The van der Waals surface area contributed by atoms with E-state index in [1.54, 1.807) is 0 Å². The lowest BCUT2D eigenvalue weighted by atomic mass is 10.0. The number of rotatable bonds is 5. The zero-order valence-electron chi connectivity index (χ0n) is 14.2. The molecule has 1 aliphatic rings. The van der Waals surface area contributed by atoms with Crippen molar-refractivity contribution in [3.8, 4) is 16.9 Å². The van der Waals surface area contributed by atoms with E-state index < -0.39 is 0 Å². The number of carbonyl (C=O) groups excluding carboxylic acids is 1. The Morgan fingerprint density at radius 1 is 1.25 bits per heavy atom. The molecule has 2 aromatic rings. The Bertz CT molecular complexity index is 701. The predicted molar refractivity (Wildman–Crippen MR) is 99.7 cm³/mol. The van der Waals surface area contributed by atoms with Crippen molar-refractivity contribution in [3.63, 3.8) is 0 Å². The van der Waals surface area contributed by atoms with Crippen LogP contribution in [0, 0.1) is 0 Å². The standard InChI is InChI=1S/C19H24N2O2S/c1-12(2)23-15-9-7-13(8-10-15)16-11-24-18(20)17(16)19(22)21-14-5-3-4-6-14/h7-12,14H,3-6,20H2,1-2H3,(H,21,22). The number of nitrogens with one attached hydrogen (secondary N) is 1. The van der Waals surface area contributed by atoms with Gasteiger partial charge in [-0.1, -0.05) is 25.0 Å². The number of nitrogen functional groups attached to an aromatic ring is 1. The molecule has 1 aliphatic carbocycles. The lowest BCUT2D eigenvalue weighted by molar-refractivity contribution is 0.0940. The van der Waals surface area contributed by atoms with Crippen molar-refractivity contribution in [1.29, 1.82) is 0 Å². The molecule has 128 valence electrons. The van der Waals surface area contributed by atoms with E-state index in [4.69, 9.17) is 10.5 Å². The van der Waals surface area contributed by atoms with Crippen molar-refractivity contribution in [1.82, 2.24) is 5.32 Å². The second kappa shape index (κ2) is 7.26. The average Bonchev–Trinajstić information content (AvgIpc) is 3.17. The fourth-order valence-corrected chi connectivity index (χ4v) is 3.95. The summed E-state index contributed by atoms with van der Waals surface area (Å²) in [5.41, 5.74) is 8.56. The molecular weight excluding hydrogens is 320 g/mol. The van der Waals surface area contributed by atoms with Gasteiger partial charge < -0.3 is 15.8 Å². The SMILES string of the molecule is CC(C)Oc1ccc(-c2csc(N)c2C(=O)NC2CCCC2)cc1. The summed E-state index contributed by atoms with van der Waals surface area (Å²) in [6.07, 6.45) is 4.64. The molecule has 0 aliphatic heterocycles. The van der Waals surface area contributed by atoms with Crippen LogP contribution >= 0.6 is 11.3 Å². The quantitative estimate of drug-likeness (QED) is 0.842. The minimum absolute atomic E-state index is 0.0573. The van der Waals surface area contributed by atoms with E-state index in [1.165, 1.54) is 24.2 Å². The number of nitrogens with two attached hydrogens (primary N) is 1. The van der Waals surface area contributed by atoms with Crippen LogP contribution in [0.5, 0.6) is 5.75 Å². The molecule has 0 bridgehead atoms.